The second-order valence-corrected chi connectivity index (χ2v) is 6.97. The lowest BCUT2D eigenvalue weighted by molar-refractivity contribution is -0.141. The van der Waals surface area contributed by atoms with E-state index in [1.54, 1.807) is 0 Å². The number of fused-ring (bicyclic) bond motifs is 1. The molecule has 0 fully saturated rings. The molecule has 5 heteroatoms. The maximum Gasteiger partial charge on any atom is 0.407 e. The Hall–Kier alpha value is -2.56. The molecule has 0 saturated carbocycles. The van der Waals surface area contributed by atoms with Crippen LogP contribution in [0.15, 0.2) is 42.5 Å². The summed E-state index contributed by atoms with van der Waals surface area (Å²) in [6.45, 7) is 5.72. The molecular formula is C20H25NO4. The Morgan fingerprint density at radius 1 is 1.08 bits per heavy atom. The van der Waals surface area contributed by atoms with E-state index in [0.717, 1.165) is 16.3 Å². The maximum atomic E-state index is 11.9. The van der Waals surface area contributed by atoms with Crippen LogP contribution in [0.3, 0.4) is 0 Å². The summed E-state index contributed by atoms with van der Waals surface area (Å²) in [4.78, 5) is 23.7. The van der Waals surface area contributed by atoms with Gasteiger partial charge in [0.15, 0.2) is 0 Å². The van der Waals surface area contributed by atoms with Crippen molar-refractivity contribution in [3.63, 3.8) is 0 Å². The van der Waals surface area contributed by atoms with E-state index < -0.39 is 11.7 Å². The number of benzene rings is 2. The van der Waals surface area contributed by atoms with E-state index >= 15 is 0 Å². The number of carbonyl (C=O) groups is 2. The first-order chi connectivity index (χ1) is 11.8. The van der Waals surface area contributed by atoms with Crippen molar-refractivity contribution in [3.8, 4) is 0 Å². The highest BCUT2D eigenvalue weighted by Gasteiger charge is 2.20. The number of alkyl carbamates (subject to hydrolysis) is 1. The molecule has 0 aromatic heterocycles. The summed E-state index contributed by atoms with van der Waals surface area (Å²) in [7, 11) is 1.36. The molecule has 1 atom stereocenters. The Bertz CT molecular complexity index is 749. The highest BCUT2D eigenvalue weighted by atomic mass is 16.6. The Morgan fingerprint density at radius 2 is 1.76 bits per heavy atom. The minimum atomic E-state index is -0.565. The molecule has 134 valence electrons. The molecule has 2 aromatic carbocycles. The summed E-state index contributed by atoms with van der Waals surface area (Å²) in [6, 6.07) is 14.1. The van der Waals surface area contributed by atoms with Gasteiger partial charge in [0.1, 0.15) is 5.60 Å². The van der Waals surface area contributed by atoms with Gasteiger partial charge in [0.2, 0.25) is 0 Å². The van der Waals surface area contributed by atoms with Crippen molar-refractivity contribution in [2.75, 3.05) is 13.7 Å². The number of carbonyl (C=O) groups excluding carboxylic acids is 2. The monoisotopic (exact) mass is 343 g/mol. The largest absolute Gasteiger partial charge is 0.469 e. The van der Waals surface area contributed by atoms with Crippen molar-refractivity contribution in [2.45, 2.75) is 38.7 Å². The molecule has 1 N–H and O–H groups in total. The average molecular weight is 343 g/mol. The van der Waals surface area contributed by atoms with E-state index in [2.05, 4.69) is 5.32 Å². The summed E-state index contributed by atoms with van der Waals surface area (Å²) < 4.78 is 10.1. The van der Waals surface area contributed by atoms with Crippen LogP contribution in [0.4, 0.5) is 4.79 Å². The minimum Gasteiger partial charge on any atom is -0.469 e. The Labute approximate surface area is 148 Å². The Balaban J connectivity index is 2.16. The molecule has 0 aliphatic carbocycles. The maximum absolute atomic E-state index is 11.9. The van der Waals surface area contributed by atoms with Crippen molar-refractivity contribution < 1.29 is 19.1 Å². The van der Waals surface area contributed by atoms with Crippen molar-refractivity contribution in [1.82, 2.24) is 5.32 Å². The number of methoxy groups -OCH3 is 1. The molecule has 5 nitrogen and oxygen atoms in total. The standard InChI is InChI=1S/C20H25NO4/c1-20(2,3)25-19(23)21-13-17(12-18(22)24-4)16-10-9-14-7-5-6-8-15(14)11-16/h5-11,17H,12-13H2,1-4H3,(H,21,23). The quantitative estimate of drug-likeness (QED) is 0.833. The first-order valence-corrected chi connectivity index (χ1v) is 8.31. The van der Waals surface area contributed by atoms with Gasteiger partial charge in [-0.3, -0.25) is 4.79 Å². The predicted molar refractivity (Wildman–Crippen MR) is 97.6 cm³/mol. The molecule has 2 aromatic rings. The molecule has 0 aliphatic rings. The van der Waals surface area contributed by atoms with Crippen LogP contribution in [-0.2, 0) is 14.3 Å². The van der Waals surface area contributed by atoms with Crippen LogP contribution >= 0.6 is 0 Å². The highest BCUT2D eigenvalue weighted by Crippen LogP contribution is 2.24. The molecule has 2 rings (SSSR count). The number of nitrogens with one attached hydrogen (secondary N) is 1. The zero-order valence-corrected chi connectivity index (χ0v) is 15.2. The molecule has 0 radical (unpaired) electrons. The Morgan fingerprint density at radius 3 is 2.40 bits per heavy atom. The summed E-state index contributed by atoms with van der Waals surface area (Å²) in [6.07, 6.45) is -0.312. The third-order valence-electron chi connectivity index (χ3n) is 3.78. The number of ether oxygens (including phenoxy) is 2. The number of hydrogen-bond donors (Lipinski definition) is 1. The first-order valence-electron chi connectivity index (χ1n) is 8.31. The normalized spacial score (nSPS) is 12.5. The van der Waals surface area contributed by atoms with Gasteiger partial charge in [0, 0.05) is 12.5 Å². The van der Waals surface area contributed by atoms with Crippen molar-refractivity contribution >= 4 is 22.8 Å². The fraction of sp³-hybridized carbons (Fsp3) is 0.400. The fourth-order valence-electron chi connectivity index (χ4n) is 2.57. The van der Waals surface area contributed by atoms with Crippen molar-refractivity contribution in [1.29, 1.82) is 0 Å². The third-order valence-corrected chi connectivity index (χ3v) is 3.78. The lowest BCUT2D eigenvalue weighted by atomic mass is 9.93. The summed E-state index contributed by atoms with van der Waals surface area (Å²) >= 11 is 0. The summed E-state index contributed by atoms with van der Waals surface area (Å²) in [5.41, 5.74) is 0.408. The number of amides is 1. The van der Waals surface area contributed by atoms with Crippen LogP contribution in [0, 0.1) is 0 Å². The van der Waals surface area contributed by atoms with Gasteiger partial charge >= 0.3 is 12.1 Å². The lowest BCUT2D eigenvalue weighted by Gasteiger charge is -2.22. The zero-order valence-electron chi connectivity index (χ0n) is 15.2. The van der Waals surface area contributed by atoms with Crippen LogP contribution in [0.2, 0.25) is 0 Å². The smallest absolute Gasteiger partial charge is 0.407 e. The molecule has 0 aliphatic heterocycles. The lowest BCUT2D eigenvalue weighted by Crippen LogP contribution is -2.35. The molecule has 0 saturated heterocycles. The summed E-state index contributed by atoms with van der Waals surface area (Å²) in [5.74, 6) is -0.506. The molecule has 1 unspecified atom stereocenters. The molecule has 25 heavy (non-hydrogen) atoms. The van der Waals surface area contributed by atoms with Crippen molar-refractivity contribution in [2.24, 2.45) is 0 Å². The van der Waals surface area contributed by atoms with Gasteiger partial charge in [-0.15, -0.1) is 0 Å². The van der Waals surface area contributed by atoms with Crippen LogP contribution in [-0.4, -0.2) is 31.3 Å². The SMILES string of the molecule is COC(=O)CC(CNC(=O)OC(C)(C)C)c1ccc2ccccc2c1. The number of rotatable bonds is 5. The van der Waals surface area contributed by atoms with Gasteiger partial charge in [-0.2, -0.15) is 0 Å². The van der Waals surface area contributed by atoms with Crippen LogP contribution in [0.25, 0.3) is 10.8 Å². The van der Waals surface area contributed by atoms with E-state index in [0.29, 0.717) is 6.54 Å². The first kappa shape index (κ1) is 18.8. The topological polar surface area (TPSA) is 64.6 Å². The van der Waals surface area contributed by atoms with E-state index in [1.165, 1.54) is 7.11 Å². The van der Waals surface area contributed by atoms with Gasteiger partial charge in [-0.25, -0.2) is 4.79 Å². The highest BCUT2D eigenvalue weighted by molar-refractivity contribution is 5.83. The molecule has 0 bridgehead atoms. The van der Waals surface area contributed by atoms with Gasteiger partial charge in [-0.1, -0.05) is 42.5 Å². The average Bonchev–Trinajstić information content (AvgIpc) is 2.56. The van der Waals surface area contributed by atoms with E-state index in [4.69, 9.17) is 9.47 Å². The van der Waals surface area contributed by atoms with Gasteiger partial charge < -0.3 is 14.8 Å². The van der Waals surface area contributed by atoms with Gasteiger partial charge in [0.05, 0.1) is 13.5 Å². The van der Waals surface area contributed by atoms with E-state index in [1.807, 2.05) is 63.2 Å². The molecule has 1 amide bonds. The molecular weight excluding hydrogens is 318 g/mol. The third kappa shape index (κ3) is 5.78. The van der Waals surface area contributed by atoms with E-state index in [-0.39, 0.29) is 18.3 Å². The van der Waals surface area contributed by atoms with Crippen LogP contribution < -0.4 is 5.32 Å². The fourth-order valence-corrected chi connectivity index (χ4v) is 2.57. The van der Waals surface area contributed by atoms with Crippen LogP contribution in [0.1, 0.15) is 38.7 Å². The second kappa shape index (κ2) is 8.01. The predicted octanol–water partition coefficient (Wildman–Crippen LogP) is 4.01. The van der Waals surface area contributed by atoms with Crippen molar-refractivity contribution in [3.05, 3.63) is 48.0 Å². The zero-order chi connectivity index (χ0) is 18.4. The van der Waals surface area contributed by atoms with Gasteiger partial charge in [-0.05, 0) is 37.1 Å². The van der Waals surface area contributed by atoms with Gasteiger partial charge in [0.25, 0.3) is 0 Å². The van der Waals surface area contributed by atoms with Crippen LogP contribution in [0.5, 0.6) is 0 Å². The number of esters is 1. The second-order valence-electron chi connectivity index (χ2n) is 6.97. The number of hydrogen-bond acceptors (Lipinski definition) is 4. The summed E-state index contributed by atoms with van der Waals surface area (Å²) in [5, 5.41) is 4.96. The molecule has 0 spiro atoms. The minimum absolute atomic E-state index is 0.185. The Kier molecular flexibility index (Phi) is 6.02. The van der Waals surface area contributed by atoms with E-state index in [9.17, 15) is 9.59 Å². The molecule has 0 heterocycles.